The number of nitrogens with zero attached hydrogens (tertiary/aromatic N) is 1. The molecule has 0 heterocycles. The van der Waals surface area contributed by atoms with E-state index in [1.807, 2.05) is 6.07 Å². The minimum Gasteiger partial charge on any atom is -0.480 e. The predicted molar refractivity (Wildman–Crippen MR) is 59.3 cm³/mol. The summed E-state index contributed by atoms with van der Waals surface area (Å²) >= 11 is 0. The van der Waals surface area contributed by atoms with E-state index in [4.69, 9.17) is 16.0 Å². The van der Waals surface area contributed by atoms with Gasteiger partial charge in [-0.2, -0.15) is 0 Å². The number of carboxylic acid groups (broad SMARTS) is 1. The lowest BCUT2D eigenvalue weighted by atomic mass is 10.1. The normalized spacial score (nSPS) is 11.9. The molecular weight excluding hydrogens is 224 g/mol. The second-order valence-corrected chi connectivity index (χ2v) is 3.59. The van der Waals surface area contributed by atoms with E-state index in [9.17, 15) is 9.59 Å². The Bertz CT molecular complexity index is 394. The molecule has 0 saturated carbocycles. The van der Waals surface area contributed by atoms with Crippen LogP contribution in [0.3, 0.4) is 0 Å². The average molecular weight is 238 g/mol. The third kappa shape index (κ3) is 4.21. The summed E-state index contributed by atoms with van der Waals surface area (Å²) in [7, 11) is 0. The fourth-order valence-electron chi connectivity index (χ4n) is 1.35. The number of benzene rings is 1. The maximum absolute atomic E-state index is 11.5. The molecule has 0 aliphatic rings. The zero-order chi connectivity index (χ0) is 12.8. The fraction of sp³-hybridized carbons (Fsp3) is 0.273. The Hall–Kier alpha value is -1.92. The van der Waals surface area contributed by atoms with Crippen molar-refractivity contribution in [2.24, 2.45) is 5.73 Å². The number of carboxylic acids is 1. The van der Waals surface area contributed by atoms with Crippen LogP contribution in [0, 0.1) is 0 Å². The highest BCUT2D eigenvalue weighted by Crippen LogP contribution is 2.03. The van der Waals surface area contributed by atoms with Crippen LogP contribution in [0.4, 0.5) is 0 Å². The quantitative estimate of drug-likeness (QED) is 0.489. The summed E-state index contributed by atoms with van der Waals surface area (Å²) in [5.74, 6) is -2.11. The zero-order valence-electron chi connectivity index (χ0n) is 9.11. The Kier molecular flexibility index (Phi) is 4.62. The Morgan fingerprint density at radius 1 is 1.29 bits per heavy atom. The lowest BCUT2D eigenvalue weighted by molar-refractivity contribution is -0.174. The number of aliphatic carboxylic acids is 1. The molecule has 1 aromatic rings. The number of hydrogen-bond donors (Lipinski definition) is 3. The number of hydrogen-bond acceptors (Lipinski definition) is 4. The maximum atomic E-state index is 11.5. The summed E-state index contributed by atoms with van der Waals surface area (Å²) in [5, 5.41) is 17.7. The second kappa shape index (κ2) is 5.97. The Morgan fingerprint density at radius 3 is 2.41 bits per heavy atom. The van der Waals surface area contributed by atoms with Crippen molar-refractivity contribution in [3.8, 4) is 0 Å². The molecule has 0 aliphatic carbocycles. The van der Waals surface area contributed by atoms with Crippen LogP contribution in [0.2, 0.25) is 0 Å². The van der Waals surface area contributed by atoms with Crippen LogP contribution in [0.25, 0.3) is 0 Å². The first-order valence-corrected chi connectivity index (χ1v) is 5.02. The number of carbonyl (C=O) groups is 2. The van der Waals surface area contributed by atoms with Gasteiger partial charge in [0, 0.05) is 0 Å². The lowest BCUT2D eigenvalue weighted by Crippen LogP contribution is -2.45. The van der Waals surface area contributed by atoms with Gasteiger partial charge in [0.1, 0.15) is 6.54 Å². The predicted octanol–water partition coefficient (Wildman–Crippen LogP) is -0.141. The Balaban J connectivity index is 2.55. The van der Waals surface area contributed by atoms with Gasteiger partial charge in [-0.1, -0.05) is 30.3 Å². The molecule has 1 amide bonds. The summed E-state index contributed by atoms with van der Waals surface area (Å²) in [6.45, 7) is -0.776. The van der Waals surface area contributed by atoms with Crippen LogP contribution in [0.1, 0.15) is 5.56 Å². The van der Waals surface area contributed by atoms with Crippen LogP contribution in [-0.2, 0) is 16.0 Å². The molecule has 17 heavy (non-hydrogen) atoms. The molecule has 0 bridgehead atoms. The first-order chi connectivity index (χ1) is 8.00. The number of amides is 1. The van der Waals surface area contributed by atoms with Gasteiger partial charge in [0.05, 0.1) is 6.04 Å². The van der Waals surface area contributed by atoms with Gasteiger partial charge in [0.2, 0.25) is 0 Å². The van der Waals surface area contributed by atoms with E-state index in [0.717, 1.165) is 5.56 Å². The smallest absolute Gasteiger partial charge is 0.325 e. The Morgan fingerprint density at radius 2 is 1.88 bits per heavy atom. The Labute approximate surface area is 98.2 Å². The van der Waals surface area contributed by atoms with Gasteiger partial charge in [0.25, 0.3) is 5.91 Å². The van der Waals surface area contributed by atoms with Crippen molar-refractivity contribution in [1.82, 2.24) is 5.06 Å². The van der Waals surface area contributed by atoms with Gasteiger partial charge in [0.15, 0.2) is 0 Å². The SMILES string of the molecule is N[C@@H](Cc1ccccc1)C(=O)N(O)CC(=O)O. The molecule has 0 fully saturated rings. The summed E-state index contributed by atoms with van der Waals surface area (Å²) < 4.78 is 0. The largest absolute Gasteiger partial charge is 0.480 e. The lowest BCUT2D eigenvalue weighted by Gasteiger charge is -2.17. The zero-order valence-corrected chi connectivity index (χ0v) is 9.11. The first kappa shape index (κ1) is 13.1. The highest BCUT2D eigenvalue weighted by molar-refractivity contribution is 5.84. The van der Waals surface area contributed by atoms with Crippen molar-refractivity contribution in [2.75, 3.05) is 6.54 Å². The van der Waals surface area contributed by atoms with E-state index in [1.165, 1.54) is 0 Å². The summed E-state index contributed by atoms with van der Waals surface area (Å²) in [6.07, 6.45) is 0.246. The van der Waals surface area contributed by atoms with Crippen molar-refractivity contribution < 1.29 is 19.9 Å². The maximum Gasteiger partial charge on any atom is 0.325 e. The van der Waals surface area contributed by atoms with Gasteiger partial charge >= 0.3 is 5.97 Å². The third-order valence-corrected chi connectivity index (χ3v) is 2.16. The van der Waals surface area contributed by atoms with E-state index in [2.05, 4.69) is 0 Å². The molecule has 1 rings (SSSR count). The number of nitrogens with two attached hydrogens (primary N) is 1. The molecule has 1 aromatic carbocycles. The topological polar surface area (TPSA) is 104 Å². The summed E-state index contributed by atoms with van der Waals surface area (Å²) in [4.78, 5) is 21.8. The first-order valence-electron chi connectivity index (χ1n) is 5.02. The van der Waals surface area contributed by atoms with Crippen LogP contribution < -0.4 is 5.73 Å². The third-order valence-electron chi connectivity index (χ3n) is 2.16. The summed E-state index contributed by atoms with van der Waals surface area (Å²) in [6, 6.07) is 8.08. The monoisotopic (exact) mass is 238 g/mol. The van der Waals surface area contributed by atoms with E-state index in [0.29, 0.717) is 0 Å². The van der Waals surface area contributed by atoms with Crippen molar-refractivity contribution >= 4 is 11.9 Å². The van der Waals surface area contributed by atoms with Crippen LogP contribution in [-0.4, -0.2) is 39.8 Å². The van der Waals surface area contributed by atoms with Crippen molar-refractivity contribution in [2.45, 2.75) is 12.5 Å². The van der Waals surface area contributed by atoms with Crippen LogP contribution in [0.15, 0.2) is 30.3 Å². The minimum atomic E-state index is -1.30. The van der Waals surface area contributed by atoms with E-state index >= 15 is 0 Å². The van der Waals surface area contributed by atoms with E-state index in [-0.39, 0.29) is 11.5 Å². The fourth-order valence-corrected chi connectivity index (χ4v) is 1.35. The van der Waals surface area contributed by atoms with Gasteiger partial charge in [-0.3, -0.25) is 14.8 Å². The van der Waals surface area contributed by atoms with Gasteiger partial charge in [-0.05, 0) is 12.0 Å². The average Bonchev–Trinajstić information content (AvgIpc) is 2.28. The van der Waals surface area contributed by atoms with Crippen LogP contribution >= 0.6 is 0 Å². The van der Waals surface area contributed by atoms with Gasteiger partial charge < -0.3 is 10.8 Å². The minimum absolute atomic E-state index is 0.121. The standard InChI is InChI=1S/C11H14N2O4/c12-9(6-8-4-2-1-3-5-8)11(16)13(17)7-10(14)15/h1-5,9,17H,6-7,12H2,(H,14,15)/t9-/m0/s1. The summed E-state index contributed by atoms with van der Waals surface area (Å²) in [5.41, 5.74) is 6.43. The molecule has 4 N–H and O–H groups in total. The molecule has 6 nitrogen and oxygen atoms in total. The molecule has 1 atom stereocenters. The van der Waals surface area contributed by atoms with E-state index < -0.39 is 24.5 Å². The molecule has 0 spiro atoms. The number of hydroxylamine groups is 2. The molecule has 0 saturated heterocycles. The van der Waals surface area contributed by atoms with Crippen molar-refractivity contribution in [3.05, 3.63) is 35.9 Å². The number of rotatable bonds is 5. The molecule has 0 aromatic heterocycles. The van der Waals surface area contributed by atoms with Crippen LogP contribution in [0.5, 0.6) is 0 Å². The highest BCUT2D eigenvalue weighted by Gasteiger charge is 2.21. The van der Waals surface area contributed by atoms with Gasteiger partial charge in [-0.15, -0.1) is 0 Å². The highest BCUT2D eigenvalue weighted by atomic mass is 16.5. The molecule has 0 aliphatic heterocycles. The second-order valence-electron chi connectivity index (χ2n) is 3.59. The van der Waals surface area contributed by atoms with Gasteiger partial charge in [-0.25, -0.2) is 5.06 Å². The molecule has 92 valence electrons. The van der Waals surface area contributed by atoms with Crippen molar-refractivity contribution in [3.63, 3.8) is 0 Å². The number of carbonyl (C=O) groups excluding carboxylic acids is 1. The molecule has 0 unspecified atom stereocenters. The molecule has 0 radical (unpaired) electrons. The molecular formula is C11H14N2O4. The molecule has 6 heteroatoms. The van der Waals surface area contributed by atoms with Crippen molar-refractivity contribution in [1.29, 1.82) is 0 Å². The van der Waals surface area contributed by atoms with E-state index in [1.54, 1.807) is 24.3 Å².